The van der Waals surface area contributed by atoms with Gasteiger partial charge in [0.2, 0.25) is 0 Å². The second-order valence-corrected chi connectivity index (χ2v) is 9.00. The summed E-state index contributed by atoms with van der Waals surface area (Å²) in [6.07, 6.45) is 4.92. The number of hydrogen-bond donors (Lipinski definition) is 1. The van der Waals surface area contributed by atoms with Gasteiger partial charge in [-0.2, -0.15) is 10.4 Å². The van der Waals surface area contributed by atoms with Gasteiger partial charge < -0.3 is 5.11 Å². The molecule has 2 aromatic carbocycles. The van der Waals surface area contributed by atoms with E-state index in [1.54, 1.807) is 0 Å². The molecule has 3 aromatic rings. The molecule has 0 atom stereocenters. The summed E-state index contributed by atoms with van der Waals surface area (Å²) in [5.74, 6) is 0.669. The lowest BCUT2D eigenvalue weighted by atomic mass is 9.65. The third-order valence-electron chi connectivity index (χ3n) is 6.93. The summed E-state index contributed by atoms with van der Waals surface area (Å²) >= 11 is 0. The van der Waals surface area contributed by atoms with E-state index >= 15 is 0 Å². The van der Waals surface area contributed by atoms with Gasteiger partial charge in [-0.05, 0) is 56.1 Å². The van der Waals surface area contributed by atoms with Crippen LogP contribution in [0.15, 0.2) is 66.7 Å². The van der Waals surface area contributed by atoms with E-state index < -0.39 is 11.0 Å². The molecule has 2 saturated carbocycles. The molecule has 2 aliphatic rings. The molecule has 2 aliphatic carbocycles. The quantitative estimate of drug-likeness (QED) is 0.645. The molecule has 0 bridgehead atoms. The minimum absolute atomic E-state index is 0.517. The van der Waals surface area contributed by atoms with Crippen molar-refractivity contribution < 1.29 is 5.11 Å². The van der Waals surface area contributed by atoms with E-state index in [2.05, 4.69) is 24.3 Å². The first-order valence-corrected chi connectivity index (χ1v) is 10.9. The van der Waals surface area contributed by atoms with Crippen LogP contribution in [-0.2, 0) is 17.6 Å². The van der Waals surface area contributed by atoms with Gasteiger partial charge in [0, 0.05) is 12.1 Å². The molecule has 4 heteroatoms. The van der Waals surface area contributed by atoms with Crippen LogP contribution in [-0.4, -0.2) is 14.9 Å². The van der Waals surface area contributed by atoms with Gasteiger partial charge >= 0.3 is 0 Å². The van der Waals surface area contributed by atoms with E-state index in [0.29, 0.717) is 31.6 Å². The van der Waals surface area contributed by atoms with Crippen molar-refractivity contribution in [2.45, 2.75) is 56.1 Å². The van der Waals surface area contributed by atoms with Crippen LogP contribution < -0.4 is 0 Å². The van der Waals surface area contributed by atoms with E-state index in [0.717, 1.165) is 29.1 Å². The smallest absolute Gasteiger partial charge is 0.106 e. The predicted molar refractivity (Wildman–Crippen MR) is 116 cm³/mol. The number of benzene rings is 2. The summed E-state index contributed by atoms with van der Waals surface area (Å²) in [5.41, 5.74) is 2.50. The van der Waals surface area contributed by atoms with Gasteiger partial charge in [-0.15, -0.1) is 0 Å². The zero-order chi connectivity index (χ0) is 20.6. The van der Waals surface area contributed by atoms with Gasteiger partial charge in [-0.1, -0.05) is 60.7 Å². The first-order valence-electron chi connectivity index (χ1n) is 10.9. The molecule has 0 aliphatic heterocycles. The molecule has 0 radical (unpaired) electrons. The molecule has 1 heterocycles. The lowest BCUT2D eigenvalue weighted by Gasteiger charge is -2.40. The van der Waals surface area contributed by atoms with Crippen molar-refractivity contribution in [3.05, 3.63) is 78.0 Å². The van der Waals surface area contributed by atoms with Crippen LogP contribution >= 0.6 is 0 Å². The van der Waals surface area contributed by atoms with E-state index in [4.69, 9.17) is 5.10 Å². The van der Waals surface area contributed by atoms with Crippen LogP contribution in [0.5, 0.6) is 0 Å². The highest BCUT2D eigenvalue weighted by Crippen LogP contribution is 2.47. The third kappa shape index (κ3) is 3.44. The monoisotopic (exact) mass is 397 g/mol. The van der Waals surface area contributed by atoms with Gasteiger partial charge in [0.1, 0.15) is 5.60 Å². The average molecular weight is 398 g/mol. The highest BCUT2D eigenvalue weighted by atomic mass is 16.3. The zero-order valence-electron chi connectivity index (χ0n) is 17.2. The summed E-state index contributed by atoms with van der Waals surface area (Å²) in [7, 11) is 0. The van der Waals surface area contributed by atoms with Gasteiger partial charge in [0.05, 0.1) is 22.9 Å². The number of nitrogens with zero attached hydrogens (tertiary/aromatic N) is 3. The SMILES string of the molecule is N#C[C@]1(c2ccccc2)CC[C@@](O)(c2cc(-c3ccccc3)nn2CC2CC2)CC1. The molecular weight excluding hydrogens is 370 g/mol. The maximum Gasteiger partial charge on any atom is 0.106 e. The zero-order valence-corrected chi connectivity index (χ0v) is 17.2. The Morgan fingerprint density at radius 1 is 0.967 bits per heavy atom. The van der Waals surface area contributed by atoms with Crippen LogP contribution in [0.3, 0.4) is 0 Å². The molecule has 0 unspecified atom stereocenters. The lowest BCUT2D eigenvalue weighted by molar-refractivity contribution is -0.0215. The van der Waals surface area contributed by atoms with Crippen molar-refractivity contribution in [1.82, 2.24) is 9.78 Å². The first kappa shape index (κ1) is 19.1. The average Bonchev–Trinajstić information content (AvgIpc) is 3.51. The lowest BCUT2D eigenvalue weighted by Crippen LogP contribution is -2.40. The van der Waals surface area contributed by atoms with Crippen molar-refractivity contribution in [1.29, 1.82) is 5.26 Å². The van der Waals surface area contributed by atoms with Gasteiger partial charge in [0.25, 0.3) is 0 Å². The van der Waals surface area contributed by atoms with Crippen LogP contribution in [0.1, 0.15) is 49.8 Å². The Labute approximate surface area is 177 Å². The maximum absolute atomic E-state index is 11.7. The Bertz CT molecular complexity index is 1050. The number of aromatic nitrogens is 2. The van der Waals surface area contributed by atoms with Crippen LogP contribution in [0.2, 0.25) is 0 Å². The summed E-state index contributed by atoms with van der Waals surface area (Å²) in [6.45, 7) is 0.868. The molecule has 2 fully saturated rings. The molecule has 1 aromatic heterocycles. The Balaban J connectivity index is 1.46. The second kappa shape index (κ2) is 7.41. The van der Waals surface area contributed by atoms with Gasteiger partial charge in [0.15, 0.2) is 0 Å². The van der Waals surface area contributed by atoms with Crippen molar-refractivity contribution >= 4 is 0 Å². The predicted octanol–water partition coefficient (Wildman–Crippen LogP) is 5.18. The standard InChI is InChI=1S/C26H27N3O/c27-19-25(22-9-5-2-6-10-22)13-15-26(30,16-14-25)24-17-23(21-7-3-1-4-8-21)28-29(24)18-20-11-12-20/h1-10,17,20,30H,11-16,18H2/t25-,26-. The second-order valence-electron chi connectivity index (χ2n) is 9.00. The normalized spacial score (nSPS) is 26.3. The van der Waals surface area contributed by atoms with Gasteiger partial charge in [-0.3, -0.25) is 4.68 Å². The fraction of sp³-hybridized carbons (Fsp3) is 0.385. The van der Waals surface area contributed by atoms with Gasteiger partial charge in [-0.25, -0.2) is 0 Å². The molecule has 4 nitrogen and oxygen atoms in total. The Morgan fingerprint density at radius 3 is 2.20 bits per heavy atom. The van der Waals surface area contributed by atoms with E-state index in [1.165, 1.54) is 12.8 Å². The molecule has 5 rings (SSSR count). The van der Waals surface area contributed by atoms with Crippen molar-refractivity contribution in [3.63, 3.8) is 0 Å². The number of nitriles is 1. The summed E-state index contributed by atoms with van der Waals surface area (Å²) in [6, 6.07) is 24.9. The summed E-state index contributed by atoms with van der Waals surface area (Å²) in [5, 5.41) is 26.6. The first-order chi connectivity index (χ1) is 14.6. The minimum atomic E-state index is -0.940. The Kier molecular flexibility index (Phi) is 4.72. The van der Waals surface area contributed by atoms with E-state index in [1.807, 2.05) is 53.2 Å². The fourth-order valence-electron chi connectivity index (χ4n) is 4.79. The van der Waals surface area contributed by atoms with Crippen molar-refractivity contribution in [2.24, 2.45) is 5.92 Å². The van der Waals surface area contributed by atoms with Crippen LogP contribution in [0, 0.1) is 17.2 Å². The minimum Gasteiger partial charge on any atom is -0.384 e. The van der Waals surface area contributed by atoms with Crippen LogP contribution in [0.25, 0.3) is 11.3 Å². The molecule has 152 valence electrons. The number of aliphatic hydroxyl groups is 1. The van der Waals surface area contributed by atoms with Crippen molar-refractivity contribution in [3.8, 4) is 17.3 Å². The molecular formula is C26H27N3O. The Morgan fingerprint density at radius 2 is 1.60 bits per heavy atom. The largest absolute Gasteiger partial charge is 0.384 e. The summed E-state index contributed by atoms with van der Waals surface area (Å²) in [4.78, 5) is 0. The molecule has 1 N–H and O–H groups in total. The van der Waals surface area contributed by atoms with Crippen molar-refractivity contribution in [2.75, 3.05) is 0 Å². The molecule has 0 saturated heterocycles. The number of rotatable bonds is 5. The van der Waals surface area contributed by atoms with E-state index in [-0.39, 0.29) is 0 Å². The maximum atomic E-state index is 11.7. The number of hydrogen-bond acceptors (Lipinski definition) is 3. The molecule has 0 amide bonds. The Hall–Kier alpha value is -2.90. The molecule has 30 heavy (non-hydrogen) atoms. The fourth-order valence-corrected chi connectivity index (χ4v) is 4.79. The van der Waals surface area contributed by atoms with E-state index in [9.17, 15) is 10.4 Å². The topological polar surface area (TPSA) is 61.8 Å². The third-order valence-corrected chi connectivity index (χ3v) is 6.93. The highest BCUT2D eigenvalue weighted by molar-refractivity contribution is 5.59. The van der Waals surface area contributed by atoms with Crippen LogP contribution in [0.4, 0.5) is 0 Å². The highest BCUT2D eigenvalue weighted by Gasteiger charge is 2.45. The molecule has 0 spiro atoms. The summed E-state index contributed by atoms with van der Waals surface area (Å²) < 4.78 is 2.04.